The van der Waals surface area contributed by atoms with E-state index in [9.17, 15) is 0 Å². The molecule has 1 fully saturated rings. The van der Waals surface area contributed by atoms with Crippen LogP contribution in [0.1, 0.15) is 32.1 Å². The van der Waals surface area contributed by atoms with Crippen LogP contribution in [0.3, 0.4) is 0 Å². The summed E-state index contributed by atoms with van der Waals surface area (Å²) in [4.78, 5) is 8.15. The zero-order valence-corrected chi connectivity index (χ0v) is 8.38. The van der Waals surface area contributed by atoms with E-state index in [1.807, 2.05) is 0 Å². The third-order valence-electron chi connectivity index (χ3n) is 2.16. The predicted octanol–water partition coefficient (Wildman–Crippen LogP) is 2.85. The number of rotatable bonds is 2. The molecule has 0 unspecified atom stereocenters. The Morgan fingerprint density at radius 3 is 1.83 bits per heavy atom. The molecular formula is C8H10N2S2. The summed E-state index contributed by atoms with van der Waals surface area (Å²) in [7, 11) is 0. The number of aliphatic imine (C=N–C) groups is 2. The zero-order valence-electron chi connectivity index (χ0n) is 6.75. The number of hydrogen-bond donors (Lipinski definition) is 0. The molecule has 0 aromatic heterocycles. The monoisotopic (exact) mass is 198 g/mol. The summed E-state index contributed by atoms with van der Waals surface area (Å²) in [5, 5.41) is 4.78. The summed E-state index contributed by atoms with van der Waals surface area (Å²) >= 11 is 9.16. The summed E-state index contributed by atoms with van der Waals surface area (Å²) in [6.45, 7) is 0. The SMILES string of the molecule is S=C=NC1(N=C=S)CCCCC1. The molecule has 0 amide bonds. The Morgan fingerprint density at radius 2 is 1.42 bits per heavy atom. The first kappa shape index (κ1) is 9.69. The van der Waals surface area contributed by atoms with Crippen molar-refractivity contribution in [3.05, 3.63) is 0 Å². The first-order valence-corrected chi connectivity index (χ1v) is 4.83. The maximum Gasteiger partial charge on any atom is 0.170 e. The molecule has 0 spiro atoms. The van der Waals surface area contributed by atoms with Gasteiger partial charge in [0.1, 0.15) is 0 Å². The molecular weight excluding hydrogens is 188 g/mol. The van der Waals surface area contributed by atoms with Crippen molar-refractivity contribution >= 4 is 34.8 Å². The van der Waals surface area contributed by atoms with E-state index in [0.29, 0.717) is 0 Å². The van der Waals surface area contributed by atoms with Gasteiger partial charge in [0.15, 0.2) is 5.66 Å². The van der Waals surface area contributed by atoms with Gasteiger partial charge in [-0.2, -0.15) is 0 Å². The van der Waals surface area contributed by atoms with E-state index in [1.165, 1.54) is 6.42 Å². The van der Waals surface area contributed by atoms with Crippen LogP contribution in [-0.4, -0.2) is 16.0 Å². The average molecular weight is 198 g/mol. The van der Waals surface area contributed by atoms with Gasteiger partial charge in [0.2, 0.25) is 0 Å². The first-order valence-electron chi connectivity index (χ1n) is 4.01. The fraction of sp³-hybridized carbons (Fsp3) is 0.750. The smallest absolute Gasteiger partial charge is 0.170 e. The molecule has 0 aromatic rings. The summed E-state index contributed by atoms with van der Waals surface area (Å²) in [6.07, 6.45) is 5.39. The van der Waals surface area contributed by atoms with Crippen LogP contribution in [0.4, 0.5) is 0 Å². The minimum absolute atomic E-state index is 0.401. The molecule has 0 aromatic carbocycles. The molecule has 64 valence electrons. The van der Waals surface area contributed by atoms with Crippen LogP contribution in [-0.2, 0) is 0 Å². The van der Waals surface area contributed by atoms with Crippen molar-refractivity contribution in [3.63, 3.8) is 0 Å². The van der Waals surface area contributed by atoms with Crippen LogP contribution < -0.4 is 0 Å². The molecule has 0 heterocycles. The topological polar surface area (TPSA) is 24.7 Å². The lowest BCUT2D eigenvalue weighted by atomic mass is 9.90. The fourth-order valence-electron chi connectivity index (χ4n) is 1.54. The molecule has 0 aliphatic heterocycles. The lowest BCUT2D eigenvalue weighted by Gasteiger charge is -2.26. The van der Waals surface area contributed by atoms with Gasteiger partial charge in [-0.05, 0) is 50.1 Å². The molecule has 1 aliphatic carbocycles. The molecule has 0 saturated heterocycles. The second kappa shape index (κ2) is 4.58. The Balaban J connectivity index is 2.82. The molecule has 1 rings (SSSR count). The van der Waals surface area contributed by atoms with Crippen LogP contribution in [0.25, 0.3) is 0 Å². The van der Waals surface area contributed by atoms with E-state index in [4.69, 9.17) is 0 Å². The van der Waals surface area contributed by atoms with E-state index in [2.05, 4.69) is 44.7 Å². The Kier molecular flexibility index (Phi) is 3.70. The number of thiocarbonyl (C=S) groups is 2. The third kappa shape index (κ3) is 2.29. The maximum atomic E-state index is 4.58. The van der Waals surface area contributed by atoms with E-state index < -0.39 is 5.66 Å². The highest BCUT2D eigenvalue weighted by Gasteiger charge is 2.30. The standard InChI is InChI=1S/C8H10N2S2/c11-6-9-8(10-7-12)4-2-1-3-5-8/h1-5H2. The maximum absolute atomic E-state index is 4.58. The van der Waals surface area contributed by atoms with E-state index in [0.717, 1.165) is 25.7 Å². The van der Waals surface area contributed by atoms with Gasteiger partial charge in [-0.25, -0.2) is 9.98 Å². The van der Waals surface area contributed by atoms with Gasteiger partial charge in [0.25, 0.3) is 0 Å². The van der Waals surface area contributed by atoms with Gasteiger partial charge in [-0.1, -0.05) is 6.42 Å². The van der Waals surface area contributed by atoms with Gasteiger partial charge in [0, 0.05) is 0 Å². The Morgan fingerprint density at radius 1 is 0.917 bits per heavy atom. The van der Waals surface area contributed by atoms with Gasteiger partial charge >= 0.3 is 0 Å². The van der Waals surface area contributed by atoms with E-state index in [1.54, 1.807) is 0 Å². The van der Waals surface area contributed by atoms with Crippen LogP contribution >= 0.6 is 24.4 Å². The van der Waals surface area contributed by atoms with Crippen LogP contribution in [0.15, 0.2) is 9.98 Å². The van der Waals surface area contributed by atoms with Crippen molar-refractivity contribution in [2.45, 2.75) is 37.8 Å². The van der Waals surface area contributed by atoms with Crippen molar-refractivity contribution < 1.29 is 0 Å². The largest absolute Gasteiger partial charge is 0.201 e. The molecule has 1 saturated carbocycles. The van der Waals surface area contributed by atoms with E-state index in [-0.39, 0.29) is 0 Å². The molecule has 2 nitrogen and oxygen atoms in total. The molecule has 1 aliphatic rings. The Hall–Kier alpha value is -0.400. The van der Waals surface area contributed by atoms with Crippen molar-refractivity contribution in [1.82, 2.24) is 0 Å². The van der Waals surface area contributed by atoms with Crippen molar-refractivity contribution in [1.29, 1.82) is 0 Å². The molecule has 0 atom stereocenters. The molecule has 0 N–H and O–H groups in total. The normalized spacial score (nSPS) is 20.3. The number of nitrogens with zero attached hydrogens (tertiary/aromatic N) is 2. The van der Waals surface area contributed by atoms with Crippen LogP contribution in [0.2, 0.25) is 0 Å². The number of isothiocyanates is 2. The molecule has 4 heteroatoms. The molecule has 0 bridgehead atoms. The fourth-order valence-corrected chi connectivity index (χ4v) is 1.88. The van der Waals surface area contributed by atoms with Gasteiger partial charge in [-0.15, -0.1) is 0 Å². The van der Waals surface area contributed by atoms with Crippen molar-refractivity contribution in [2.24, 2.45) is 9.98 Å². The summed E-state index contributed by atoms with van der Waals surface area (Å²) in [5.74, 6) is 0. The third-order valence-corrected chi connectivity index (χ3v) is 2.34. The second-order valence-corrected chi connectivity index (χ2v) is 3.31. The highest BCUT2D eigenvalue weighted by Crippen LogP contribution is 2.32. The second-order valence-electron chi connectivity index (χ2n) is 2.95. The van der Waals surface area contributed by atoms with Crippen molar-refractivity contribution in [2.75, 3.05) is 0 Å². The highest BCUT2D eigenvalue weighted by atomic mass is 32.1. The van der Waals surface area contributed by atoms with Gasteiger partial charge < -0.3 is 0 Å². The zero-order chi connectivity index (χ0) is 8.86. The Bertz CT molecular complexity index is 224. The lowest BCUT2D eigenvalue weighted by molar-refractivity contribution is 0.314. The minimum Gasteiger partial charge on any atom is -0.201 e. The average Bonchev–Trinajstić information content (AvgIpc) is 2.07. The van der Waals surface area contributed by atoms with E-state index >= 15 is 0 Å². The minimum atomic E-state index is -0.401. The van der Waals surface area contributed by atoms with Crippen LogP contribution in [0.5, 0.6) is 0 Å². The highest BCUT2D eigenvalue weighted by molar-refractivity contribution is 7.78. The van der Waals surface area contributed by atoms with Gasteiger partial charge in [0.05, 0.1) is 10.3 Å². The van der Waals surface area contributed by atoms with Gasteiger partial charge in [-0.3, -0.25) is 0 Å². The van der Waals surface area contributed by atoms with Crippen molar-refractivity contribution in [3.8, 4) is 0 Å². The predicted molar refractivity (Wildman–Crippen MR) is 55.9 cm³/mol. The number of hydrogen-bond acceptors (Lipinski definition) is 4. The van der Waals surface area contributed by atoms with Crippen LogP contribution in [0, 0.1) is 0 Å². The lowest BCUT2D eigenvalue weighted by Crippen LogP contribution is -2.26. The summed E-state index contributed by atoms with van der Waals surface area (Å²) < 4.78 is 0. The Labute approximate surface area is 82.8 Å². The summed E-state index contributed by atoms with van der Waals surface area (Å²) in [6, 6.07) is 0. The first-order chi connectivity index (χ1) is 5.83. The molecule has 12 heavy (non-hydrogen) atoms. The summed E-state index contributed by atoms with van der Waals surface area (Å²) in [5.41, 5.74) is -0.401. The quantitative estimate of drug-likeness (QED) is 0.503. The molecule has 0 radical (unpaired) electrons.